The molecule has 4 aromatic rings. The molecule has 1 heterocycles. The molecule has 8 heteroatoms. The summed E-state index contributed by atoms with van der Waals surface area (Å²) in [6.07, 6.45) is 1.72. The van der Waals surface area contributed by atoms with Crippen LogP contribution in [0.25, 0.3) is 6.08 Å². The standard InChI is InChI=1S/C31H26N2O5S/c1-3-37-29-21-23(16-19-28(29)38-39(35,36)26-17-14-22(2)15-18-26)20-27-30(24-10-6-4-7-11-24)32-33(31(27)34)25-12-8-5-9-13-25/h4-21H,3H2,1-2H3/b27-20-. The number of hydrazone groups is 1. The second-order valence-corrected chi connectivity index (χ2v) is 10.4. The van der Waals surface area contributed by atoms with E-state index in [1.54, 1.807) is 37.3 Å². The highest BCUT2D eigenvalue weighted by molar-refractivity contribution is 7.87. The lowest BCUT2D eigenvalue weighted by Crippen LogP contribution is -2.21. The van der Waals surface area contributed by atoms with Gasteiger partial charge >= 0.3 is 10.1 Å². The molecule has 1 aliphatic rings. The zero-order chi connectivity index (χ0) is 27.4. The first kappa shape index (κ1) is 25.9. The monoisotopic (exact) mass is 538 g/mol. The molecule has 1 amide bonds. The fourth-order valence-electron chi connectivity index (χ4n) is 4.09. The van der Waals surface area contributed by atoms with Crippen LogP contribution in [-0.4, -0.2) is 26.6 Å². The van der Waals surface area contributed by atoms with E-state index >= 15 is 0 Å². The van der Waals surface area contributed by atoms with Gasteiger partial charge in [-0.1, -0.05) is 72.3 Å². The molecule has 0 aromatic heterocycles. The summed E-state index contributed by atoms with van der Waals surface area (Å²) in [6, 6.07) is 29.9. The number of anilines is 1. The summed E-state index contributed by atoms with van der Waals surface area (Å²) in [7, 11) is -4.07. The van der Waals surface area contributed by atoms with Crippen molar-refractivity contribution in [2.24, 2.45) is 5.10 Å². The Morgan fingerprint density at radius 3 is 2.18 bits per heavy atom. The molecule has 4 aromatic carbocycles. The quantitative estimate of drug-likeness (QED) is 0.203. The third kappa shape index (κ3) is 5.61. The van der Waals surface area contributed by atoms with Crippen molar-refractivity contribution in [3.05, 3.63) is 125 Å². The van der Waals surface area contributed by atoms with Gasteiger partial charge in [0, 0.05) is 5.56 Å². The van der Waals surface area contributed by atoms with E-state index < -0.39 is 10.1 Å². The first-order valence-corrected chi connectivity index (χ1v) is 13.8. The minimum absolute atomic E-state index is 0.0445. The number of hydrogen-bond donors (Lipinski definition) is 0. The lowest BCUT2D eigenvalue weighted by Gasteiger charge is -2.13. The second kappa shape index (κ2) is 11.0. The van der Waals surface area contributed by atoms with Crippen molar-refractivity contribution in [1.29, 1.82) is 0 Å². The van der Waals surface area contributed by atoms with Gasteiger partial charge in [0.05, 0.1) is 17.9 Å². The van der Waals surface area contributed by atoms with Crippen LogP contribution in [0.15, 0.2) is 119 Å². The largest absolute Gasteiger partial charge is 0.490 e. The Morgan fingerprint density at radius 1 is 0.846 bits per heavy atom. The van der Waals surface area contributed by atoms with Crippen LogP contribution in [0.4, 0.5) is 5.69 Å². The number of benzene rings is 4. The molecule has 39 heavy (non-hydrogen) atoms. The fourth-order valence-corrected chi connectivity index (χ4v) is 5.03. The number of ether oxygens (including phenoxy) is 1. The molecule has 0 radical (unpaired) electrons. The smallest absolute Gasteiger partial charge is 0.339 e. The molecule has 196 valence electrons. The summed E-state index contributed by atoms with van der Waals surface area (Å²) >= 11 is 0. The Hall–Kier alpha value is -4.69. The number of rotatable bonds is 8. The van der Waals surface area contributed by atoms with E-state index in [2.05, 4.69) is 5.10 Å². The van der Waals surface area contributed by atoms with E-state index in [0.717, 1.165) is 11.1 Å². The van der Waals surface area contributed by atoms with Crippen LogP contribution in [0.5, 0.6) is 11.5 Å². The number of carbonyl (C=O) groups excluding carboxylic acids is 1. The summed E-state index contributed by atoms with van der Waals surface area (Å²) in [4.78, 5) is 13.6. The fraction of sp³-hybridized carbons (Fsp3) is 0.0968. The van der Waals surface area contributed by atoms with Gasteiger partial charge in [-0.2, -0.15) is 18.5 Å². The zero-order valence-electron chi connectivity index (χ0n) is 21.4. The van der Waals surface area contributed by atoms with Crippen molar-refractivity contribution >= 4 is 33.5 Å². The van der Waals surface area contributed by atoms with Crippen LogP contribution in [0.2, 0.25) is 0 Å². The third-order valence-electron chi connectivity index (χ3n) is 6.01. The normalized spacial score (nSPS) is 14.4. The lowest BCUT2D eigenvalue weighted by atomic mass is 10.00. The summed E-state index contributed by atoms with van der Waals surface area (Å²) in [5.74, 6) is 0.0200. The van der Waals surface area contributed by atoms with Gasteiger partial charge in [-0.05, 0) is 61.9 Å². The van der Waals surface area contributed by atoms with Gasteiger partial charge in [0.2, 0.25) is 0 Å². The average molecular weight is 539 g/mol. The first-order chi connectivity index (χ1) is 18.9. The summed E-state index contributed by atoms with van der Waals surface area (Å²) in [5, 5.41) is 6.03. The van der Waals surface area contributed by atoms with Crippen molar-refractivity contribution in [2.45, 2.75) is 18.7 Å². The number of nitrogens with zero attached hydrogens (tertiary/aromatic N) is 2. The Labute approximate surface area is 227 Å². The van der Waals surface area contributed by atoms with Crippen molar-refractivity contribution in [1.82, 2.24) is 0 Å². The zero-order valence-corrected chi connectivity index (χ0v) is 22.3. The van der Waals surface area contributed by atoms with Gasteiger partial charge in [0.1, 0.15) is 10.6 Å². The van der Waals surface area contributed by atoms with Crippen molar-refractivity contribution < 1.29 is 22.1 Å². The minimum Gasteiger partial charge on any atom is -0.490 e. The molecule has 0 atom stereocenters. The van der Waals surface area contributed by atoms with Gasteiger partial charge in [-0.3, -0.25) is 4.79 Å². The van der Waals surface area contributed by atoms with E-state index in [1.165, 1.54) is 23.2 Å². The maximum atomic E-state index is 13.5. The Balaban J connectivity index is 1.52. The lowest BCUT2D eigenvalue weighted by molar-refractivity contribution is -0.114. The number of aryl methyl sites for hydroxylation is 1. The molecule has 7 nitrogen and oxygen atoms in total. The van der Waals surface area contributed by atoms with Crippen LogP contribution in [0.3, 0.4) is 0 Å². The number of carbonyl (C=O) groups is 1. The van der Waals surface area contributed by atoms with E-state index in [4.69, 9.17) is 8.92 Å². The minimum atomic E-state index is -4.07. The van der Waals surface area contributed by atoms with Crippen LogP contribution in [0.1, 0.15) is 23.6 Å². The highest BCUT2D eigenvalue weighted by Gasteiger charge is 2.32. The van der Waals surface area contributed by atoms with Crippen molar-refractivity contribution in [3.63, 3.8) is 0 Å². The van der Waals surface area contributed by atoms with Crippen molar-refractivity contribution in [2.75, 3.05) is 11.6 Å². The number of para-hydroxylation sites is 1. The molecule has 0 fully saturated rings. The predicted octanol–water partition coefficient (Wildman–Crippen LogP) is 6.00. The molecule has 0 spiro atoms. The van der Waals surface area contributed by atoms with Crippen LogP contribution >= 0.6 is 0 Å². The molecule has 5 rings (SSSR count). The van der Waals surface area contributed by atoms with Crippen LogP contribution in [-0.2, 0) is 14.9 Å². The molecule has 0 saturated carbocycles. The summed E-state index contributed by atoms with van der Waals surface area (Å²) in [6.45, 7) is 3.96. The molecule has 0 bridgehead atoms. The molecular formula is C31H26N2O5S. The predicted molar refractivity (Wildman–Crippen MR) is 151 cm³/mol. The summed E-state index contributed by atoms with van der Waals surface area (Å²) < 4.78 is 37.0. The van der Waals surface area contributed by atoms with Crippen LogP contribution < -0.4 is 13.9 Å². The van der Waals surface area contributed by atoms with E-state index in [0.29, 0.717) is 29.1 Å². The van der Waals surface area contributed by atoms with Gasteiger partial charge in [0.15, 0.2) is 11.5 Å². The molecule has 0 N–H and O–H groups in total. The maximum Gasteiger partial charge on any atom is 0.339 e. The van der Waals surface area contributed by atoms with Crippen molar-refractivity contribution in [3.8, 4) is 11.5 Å². The molecule has 1 aliphatic heterocycles. The second-order valence-electron chi connectivity index (χ2n) is 8.81. The van der Waals surface area contributed by atoms with E-state index in [1.807, 2.05) is 67.6 Å². The highest BCUT2D eigenvalue weighted by atomic mass is 32.2. The molecular weight excluding hydrogens is 512 g/mol. The molecule has 0 aliphatic carbocycles. The summed E-state index contributed by atoms with van der Waals surface area (Å²) in [5.41, 5.74) is 3.94. The molecule has 0 saturated heterocycles. The van der Waals surface area contributed by atoms with E-state index in [-0.39, 0.29) is 22.3 Å². The van der Waals surface area contributed by atoms with Gasteiger partial charge in [0.25, 0.3) is 5.91 Å². The SMILES string of the molecule is CCOc1cc(/C=C2\C(=O)N(c3ccccc3)N=C2c2ccccc2)ccc1OS(=O)(=O)c1ccc(C)cc1. The average Bonchev–Trinajstić information content (AvgIpc) is 3.27. The molecule has 0 unspecified atom stereocenters. The van der Waals surface area contributed by atoms with Gasteiger partial charge < -0.3 is 8.92 Å². The van der Waals surface area contributed by atoms with Gasteiger partial charge in [-0.25, -0.2) is 0 Å². The van der Waals surface area contributed by atoms with E-state index in [9.17, 15) is 13.2 Å². The highest BCUT2D eigenvalue weighted by Crippen LogP contribution is 2.33. The number of hydrogen-bond acceptors (Lipinski definition) is 6. The van der Waals surface area contributed by atoms with Crippen LogP contribution in [0, 0.1) is 6.92 Å². The Bertz CT molecular complexity index is 1660. The third-order valence-corrected chi connectivity index (χ3v) is 7.26. The topological polar surface area (TPSA) is 85.3 Å². The maximum absolute atomic E-state index is 13.5. The van der Waals surface area contributed by atoms with Gasteiger partial charge in [-0.15, -0.1) is 0 Å². The Kier molecular flexibility index (Phi) is 7.29. The number of amides is 1. The first-order valence-electron chi connectivity index (χ1n) is 12.4. The Morgan fingerprint density at radius 2 is 1.51 bits per heavy atom.